The first-order valence-electron chi connectivity index (χ1n) is 3.33. The third kappa shape index (κ3) is 27.3. The standard InChI is InChI=1S/C4H8O.C3H7NO/c1-4(2)3-5;1-2-3-4-5/h3-4H,1-2H3;3-4H,2H2,1H3. The van der Waals surface area contributed by atoms with Crippen LogP contribution in [-0.2, 0) is 4.79 Å². The van der Waals surface area contributed by atoms with E-state index < -0.39 is 0 Å². The Bertz CT molecular complexity index is 89.6. The van der Waals surface area contributed by atoms with E-state index in [4.69, 9.17) is 0 Å². The molecule has 3 nitrogen and oxygen atoms in total. The Hall–Kier alpha value is -0.860. The molecule has 0 aliphatic rings. The van der Waals surface area contributed by atoms with Crippen LogP contribution in [0.15, 0.2) is 0 Å². The average Bonchev–Trinajstić information content (AvgIpc) is 1.91. The molecule has 0 saturated carbocycles. The first-order valence-corrected chi connectivity index (χ1v) is 3.33. The SMILES string of the molecule is CC(C)C=O.CCC=[NH+][O-]. The molecule has 0 amide bonds. The summed E-state index contributed by atoms with van der Waals surface area (Å²) >= 11 is 0. The van der Waals surface area contributed by atoms with Crippen molar-refractivity contribution in [3.63, 3.8) is 0 Å². The van der Waals surface area contributed by atoms with Gasteiger partial charge in [0.05, 0.1) is 0 Å². The second kappa shape index (κ2) is 11.0. The number of hydrogen-bond donors (Lipinski definition) is 1. The smallest absolute Gasteiger partial charge is 0.148 e. The highest BCUT2D eigenvalue weighted by molar-refractivity contribution is 5.51. The van der Waals surface area contributed by atoms with Gasteiger partial charge in [-0.2, -0.15) is 0 Å². The molecule has 10 heavy (non-hydrogen) atoms. The Morgan fingerprint density at radius 2 is 2.00 bits per heavy atom. The van der Waals surface area contributed by atoms with Gasteiger partial charge in [0.25, 0.3) is 0 Å². The van der Waals surface area contributed by atoms with Crippen molar-refractivity contribution >= 4 is 12.5 Å². The fourth-order valence-electron chi connectivity index (χ4n) is 0.0833. The fourth-order valence-corrected chi connectivity index (χ4v) is 0.0833. The summed E-state index contributed by atoms with van der Waals surface area (Å²) in [5.74, 6) is 0.204. The zero-order valence-electron chi connectivity index (χ0n) is 6.76. The molecule has 0 aromatic heterocycles. The largest absolute Gasteiger partial charge is 0.626 e. The van der Waals surface area contributed by atoms with E-state index >= 15 is 0 Å². The van der Waals surface area contributed by atoms with Gasteiger partial charge < -0.3 is 10.0 Å². The number of carbonyl (C=O) groups is 1. The molecule has 0 rings (SSSR count). The zero-order chi connectivity index (χ0) is 8.41. The summed E-state index contributed by atoms with van der Waals surface area (Å²) in [6, 6.07) is 0. The summed E-state index contributed by atoms with van der Waals surface area (Å²) in [5.41, 5.74) is 0. The first-order chi connectivity index (χ1) is 4.68. The first kappa shape index (κ1) is 11.9. The van der Waals surface area contributed by atoms with Crippen LogP contribution in [0.1, 0.15) is 27.2 Å². The number of nitrogens with one attached hydrogen (secondary N) is 1. The molecule has 0 bridgehead atoms. The lowest BCUT2D eigenvalue weighted by atomic mass is 10.3. The van der Waals surface area contributed by atoms with Gasteiger partial charge >= 0.3 is 0 Å². The van der Waals surface area contributed by atoms with E-state index in [9.17, 15) is 10.0 Å². The molecular formula is C7H15NO2. The van der Waals surface area contributed by atoms with Crippen LogP contribution in [0.3, 0.4) is 0 Å². The summed E-state index contributed by atoms with van der Waals surface area (Å²) in [7, 11) is 0. The molecule has 0 aromatic rings. The van der Waals surface area contributed by atoms with Crippen LogP contribution < -0.4 is 5.16 Å². The molecule has 0 unspecified atom stereocenters. The summed E-state index contributed by atoms with van der Waals surface area (Å²) < 4.78 is 0. The van der Waals surface area contributed by atoms with Crippen molar-refractivity contribution in [2.45, 2.75) is 27.2 Å². The summed E-state index contributed by atoms with van der Waals surface area (Å²) in [6.07, 6.45) is 3.16. The van der Waals surface area contributed by atoms with E-state index in [2.05, 4.69) is 0 Å². The molecule has 0 saturated heterocycles. The molecule has 0 atom stereocenters. The number of hydrogen-bond acceptors (Lipinski definition) is 2. The monoisotopic (exact) mass is 145 g/mol. The molecule has 60 valence electrons. The number of carbonyl (C=O) groups excluding carboxylic acids is 1. The van der Waals surface area contributed by atoms with E-state index in [0.29, 0.717) is 0 Å². The lowest BCUT2D eigenvalue weighted by Gasteiger charge is -1.78. The fraction of sp³-hybridized carbons (Fsp3) is 0.714. The van der Waals surface area contributed by atoms with E-state index in [1.54, 1.807) is 5.16 Å². The minimum Gasteiger partial charge on any atom is -0.626 e. The van der Waals surface area contributed by atoms with Crippen molar-refractivity contribution in [1.82, 2.24) is 0 Å². The van der Waals surface area contributed by atoms with Crippen molar-refractivity contribution in [2.75, 3.05) is 0 Å². The molecule has 0 spiro atoms. The summed E-state index contributed by atoms with van der Waals surface area (Å²) in [5, 5.41) is 10.9. The predicted octanol–water partition coefficient (Wildman–Crippen LogP) is -0.113. The van der Waals surface area contributed by atoms with Crippen molar-refractivity contribution in [1.29, 1.82) is 0 Å². The van der Waals surface area contributed by atoms with Crippen molar-refractivity contribution in [2.24, 2.45) is 5.92 Å². The molecule has 0 aliphatic carbocycles. The van der Waals surface area contributed by atoms with Crippen LogP contribution in [0.4, 0.5) is 0 Å². The van der Waals surface area contributed by atoms with Crippen LogP contribution in [0.2, 0.25) is 0 Å². The van der Waals surface area contributed by atoms with Gasteiger partial charge in [0.1, 0.15) is 12.5 Å². The maximum atomic E-state index is 9.50. The Labute approximate surface area is 61.7 Å². The second-order valence-corrected chi connectivity index (χ2v) is 2.11. The van der Waals surface area contributed by atoms with Gasteiger partial charge in [-0.1, -0.05) is 20.8 Å². The lowest BCUT2D eigenvalue weighted by Crippen LogP contribution is -2.59. The van der Waals surface area contributed by atoms with Gasteiger partial charge in [-0.05, 0) is 0 Å². The molecule has 0 fully saturated rings. The Kier molecular flexibility index (Phi) is 13.1. The van der Waals surface area contributed by atoms with Crippen LogP contribution in [-0.4, -0.2) is 12.5 Å². The maximum absolute atomic E-state index is 9.50. The van der Waals surface area contributed by atoms with E-state index in [-0.39, 0.29) is 5.92 Å². The lowest BCUT2D eigenvalue weighted by molar-refractivity contribution is -0.368. The molecule has 0 aliphatic heterocycles. The topological polar surface area (TPSA) is 54.1 Å². The van der Waals surface area contributed by atoms with Gasteiger partial charge in [-0.3, -0.25) is 0 Å². The summed E-state index contributed by atoms with van der Waals surface area (Å²) in [6.45, 7) is 5.60. The van der Waals surface area contributed by atoms with Gasteiger partial charge in [0.15, 0.2) is 0 Å². The van der Waals surface area contributed by atoms with Gasteiger partial charge in [-0.15, -0.1) is 0 Å². The van der Waals surface area contributed by atoms with Gasteiger partial charge in [0, 0.05) is 12.3 Å². The molecule has 3 heteroatoms. The normalized spacial score (nSPS) is 9.20. The highest BCUT2D eigenvalue weighted by atomic mass is 16.4. The predicted molar refractivity (Wildman–Crippen MR) is 41.6 cm³/mol. The highest BCUT2D eigenvalue weighted by Crippen LogP contribution is 1.78. The minimum absolute atomic E-state index is 0.204. The Balaban J connectivity index is 0. The third-order valence-corrected chi connectivity index (χ3v) is 0.560. The maximum Gasteiger partial charge on any atom is 0.148 e. The van der Waals surface area contributed by atoms with Crippen LogP contribution in [0.5, 0.6) is 0 Å². The Morgan fingerprint density at radius 1 is 1.60 bits per heavy atom. The van der Waals surface area contributed by atoms with Gasteiger partial charge in [-0.25, -0.2) is 5.16 Å². The quantitative estimate of drug-likeness (QED) is 0.255. The van der Waals surface area contributed by atoms with E-state index in [1.165, 1.54) is 6.21 Å². The minimum atomic E-state index is 0.204. The number of aldehydes is 1. The van der Waals surface area contributed by atoms with Crippen LogP contribution in [0, 0.1) is 11.1 Å². The molecule has 0 radical (unpaired) electrons. The average molecular weight is 145 g/mol. The van der Waals surface area contributed by atoms with Crippen molar-refractivity contribution in [3.8, 4) is 0 Å². The molecule has 1 N–H and O–H groups in total. The van der Waals surface area contributed by atoms with Gasteiger partial charge in [0.2, 0.25) is 0 Å². The van der Waals surface area contributed by atoms with E-state index in [0.717, 1.165) is 12.7 Å². The van der Waals surface area contributed by atoms with Crippen molar-refractivity contribution in [3.05, 3.63) is 5.21 Å². The molecule has 0 heterocycles. The Morgan fingerprint density at radius 3 is 2.00 bits per heavy atom. The van der Waals surface area contributed by atoms with Crippen LogP contribution in [0.25, 0.3) is 0 Å². The second-order valence-electron chi connectivity index (χ2n) is 2.11. The molecule has 0 aromatic carbocycles. The zero-order valence-corrected chi connectivity index (χ0v) is 6.76. The molecular weight excluding hydrogens is 130 g/mol. The number of rotatable bonds is 2. The summed E-state index contributed by atoms with van der Waals surface area (Å²) in [4.78, 5) is 9.50. The van der Waals surface area contributed by atoms with Crippen molar-refractivity contribution < 1.29 is 9.95 Å². The highest BCUT2D eigenvalue weighted by Gasteiger charge is 1.79. The van der Waals surface area contributed by atoms with E-state index in [1.807, 2.05) is 20.8 Å². The van der Waals surface area contributed by atoms with Crippen LogP contribution >= 0.6 is 0 Å². The third-order valence-electron chi connectivity index (χ3n) is 0.560.